The maximum absolute atomic E-state index is 13.1. The molecule has 1 saturated carbocycles. The monoisotopic (exact) mass is 596 g/mol. The van der Waals surface area contributed by atoms with Gasteiger partial charge in [0.15, 0.2) is 5.78 Å². The van der Waals surface area contributed by atoms with Crippen LogP contribution in [0.1, 0.15) is 46.3 Å². The lowest BCUT2D eigenvalue weighted by Crippen LogP contribution is -2.35. The van der Waals surface area contributed by atoms with Crippen molar-refractivity contribution in [2.45, 2.75) is 38.1 Å². The molecule has 1 aliphatic carbocycles. The smallest absolute Gasteiger partial charge is 0.326 e. The Morgan fingerprint density at radius 3 is 2.37 bits per heavy atom. The molecular formula is C35H36N2O5S. The van der Waals surface area contributed by atoms with Gasteiger partial charge >= 0.3 is 5.97 Å². The lowest BCUT2D eigenvalue weighted by atomic mass is 10.00. The summed E-state index contributed by atoms with van der Waals surface area (Å²) in [6.45, 7) is 1.97. The van der Waals surface area contributed by atoms with Crippen molar-refractivity contribution >= 4 is 34.7 Å². The van der Waals surface area contributed by atoms with E-state index in [2.05, 4.69) is 5.32 Å². The number of carboxylic acid groups (broad SMARTS) is 1. The molecule has 0 unspecified atom stereocenters. The van der Waals surface area contributed by atoms with E-state index in [-0.39, 0.29) is 18.1 Å². The summed E-state index contributed by atoms with van der Waals surface area (Å²) in [5.41, 5.74) is 3.34. The zero-order chi connectivity index (χ0) is 30.0. The van der Waals surface area contributed by atoms with Crippen LogP contribution in [0, 0.1) is 5.92 Å². The summed E-state index contributed by atoms with van der Waals surface area (Å²) in [5.74, 6) is 0.314. The number of rotatable bonds is 16. The number of nitrogens with one attached hydrogen (secondary N) is 1. The Labute approximate surface area is 256 Å². The zero-order valence-corrected chi connectivity index (χ0v) is 24.8. The van der Waals surface area contributed by atoms with Gasteiger partial charge in [0, 0.05) is 36.3 Å². The second-order valence-electron chi connectivity index (χ2n) is 10.9. The first kappa shape index (κ1) is 30.0. The average molecular weight is 597 g/mol. The average Bonchev–Trinajstić information content (AvgIpc) is 3.71. The van der Waals surface area contributed by atoms with E-state index in [0.717, 1.165) is 24.1 Å². The molecule has 43 heavy (non-hydrogen) atoms. The predicted molar refractivity (Wildman–Crippen MR) is 169 cm³/mol. The van der Waals surface area contributed by atoms with Gasteiger partial charge in [-0.05, 0) is 77.4 Å². The maximum atomic E-state index is 13.1. The lowest BCUT2D eigenvalue weighted by Gasteiger charge is -2.22. The van der Waals surface area contributed by atoms with E-state index < -0.39 is 12.0 Å². The Bertz CT molecular complexity index is 1500. The lowest BCUT2D eigenvalue weighted by molar-refractivity contribution is -0.138. The highest BCUT2D eigenvalue weighted by atomic mass is 32.1. The summed E-state index contributed by atoms with van der Waals surface area (Å²) in [4.78, 5) is 40.1. The van der Waals surface area contributed by atoms with Crippen LogP contribution in [0.15, 0.2) is 95.7 Å². The van der Waals surface area contributed by atoms with Gasteiger partial charge in [-0.1, -0.05) is 54.6 Å². The number of amides is 1. The van der Waals surface area contributed by atoms with Gasteiger partial charge < -0.3 is 20.1 Å². The van der Waals surface area contributed by atoms with E-state index in [4.69, 9.17) is 4.74 Å². The topological polar surface area (TPSA) is 95.9 Å². The fourth-order valence-corrected chi connectivity index (χ4v) is 5.62. The number of ketones is 1. The van der Waals surface area contributed by atoms with Gasteiger partial charge in [-0.15, -0.1) is 0 Å². The zero-order valence-electron chi connectivity index (χ0n) is 24.0. The van der Waals surface area contributed by atoms with Crippen LogP contribution >= 0.6 is 11.3 Å². The highest BCUT2D eigenvalue weighted by Gasteiger charge is 2.26. The van der Waals surface area contributed by atoms with Gasteiger partial charge in [-0.3, -0.25) is 9.59 Å². The quantitative estimate of drug-likeness (QED) is 0.116. The van der Waals surface area contributed by atoms with Crippen LogP contribution in [0.4, 0.5) is 5.69 Å². The summed E-state index contributed by atoms with van der Waals surface area (Å²) in [7, 11) is 0. The fourth-order valence-electron chi connectivity index (χ4n) is 4.95. The number of carbonyl (C=O) groups excluding carboxylic acids is 2. The molecule has 3 aromatic carbocycles. The summed E-state index contributed by atoms with van der Waals surface area (Å²) in [6, 6.07) is 24.4. The van der Waals surface area contributed by atoms with E-state index in [0.29, 0.717) is 48.1 Å². The molecule has 0 aliphatic heterocycles. The number of carboxylic acids is 1. The van der Waals surface area contributed by atoms with Gasteiger partial charge in [0.25, 0.3) is 0 Å². The molecule has 222 valence electrons. The normalized spacial score (nSPS) is 13.2. The first-order valence-electron chi connectivity index (χ1n) is 14.6. The Hall–Kier alpha value is -4.43. The van der Waals surface area contributed by atoms with Crippen molar-refractivity contribution < 1.29 is 24.2 Å². The predicted octanol–water partition coefficient (Wildman–Crippen LogP) is 6.34. The van der Waals surface area contributed by atoms with Crippen LogP contribution in [-0.4, -0.2) is 53.4 Å². The molecule has 2 N–H and O–H groups in total. The van der Waals surface area contributed by atoms with Gasteiger partial charge in [0.05, 0.1) is 13.0 Å². The summed E-state index contributed by atoms with van der Waals surface area (Å²) in [5, 5.41) is 17.1. The van der Waals surface area contributed by atoms with Crippen molar-refractivity contribution in [2.24, 2.45) is 5.92 Å². The van der Waals surface area contributed by atoms with E-state index in [1.165, 1.54) is 12.8 Å². The van der Waals surface area contributed by atoms with E-state index in [1.807, 2.05) is 52.1 Å². The molecule has 0 radical (unpaired) electrons. The van der Waals surface area contributed by atoms with Crippen LogP contribution in [0.25, 0.3) is 0 Å². The molecule has 1 fully saturated rings. The first-order valence-corrected chi connectivity index (χ1v) is 15.6. The number of anilines is 1. The van der Waals surface area contributed by atoms with E-state index in [9.17, 15) is 19.5 Å². The number of nitrogens with zero attached hydrogens (tertiary/aromatic N) is 1. The molecule has 1 atom stereocenters. The largest absolute Gasteiger partial charge is 0.494 e. The second-order valence-corrected chi connectivity index (χ2v) is 11.7. The van der Waals surface area contributed by atoms with Crippen LogP contribution < -0.4 is 10.1 Å². The van der Waals surface area contributed by atoms with Crippen LogP contribution in [0.3, 0.4) is 0 Å². The van der Waals surface area contributed by atoms with Crippen molar-refractivity contribution in [3.63, 3.8) is 0 Å². The second kappa shape index (κ2) is 14.6. The molecule has 0 spiro atoms. The molecule has 1 aromatic heterocycles. The molecule has 0 bridgehead atoms. The van der Waals surface area contributed by atoms with Crippen molar-refractivity contribution in [1.82, 2.24) is 4.90 Å². The molecule has 4 aromatic rings. The third kappa shape index (κ3) is 8.78. The fraction of sp³-hybridized carbons (Fsp3) is 0.286. The molecule has 1 amide bonds. The molecule has 0 saturated heterocycles. The molecule has 1 aliphatic rings. The Balaban J connectivity index is 1.13. The molecule has 1 heterocycles. The van der Waals surface area contributed by atoms with Crippen molar-refractivity contribution in [3.05, 3.63) is 118 Å². The number of ether oxygens (including phenoxy) is 1. The number of carbonyl (C=O) groups is 3. The first-order chi connectivity index (χ1) is 21.0. The number of thiophene rings is 1. The highest BCUT2D eigenvalue weighted by Crippen LogP contribution is 2.30. The minimum absolute atomic E-state index is 0.170. The number of para-hydroxylation sites is 1. The summed E-state index contributed by atoms with van der Waals surface area (Å²) in [6.07, 6.45) is 3.80. The molecule has 8 heteroatoms. The van der Waals surface area contributed by atoms with Gasteiger partial charge in [-0.2, -0.15) is 11.3 Å². The third-order valence-electron chi connectivity index (χ3n) is 7.50. The van der Waals surface area contributed by atoms with Gasteiger partial charge in [-0.25, -0.2) is 4.79 Å². The van der Waals surface area contributed by atoms with Gasteiger partial charge in [0.1, 0.15) is 11.8 Å². The number of aliphatic carboxylic acids is 1. The third-order valence-corrected chi connectivity index (χ3v) is 8.24. The number of hydrogen-bond donors (Lipinski definition) is 2. The SMILES string of the molecule is O=C(c1ccccc1)c1ccccc1N[C@@H](Cc1ccc(OCCCN(CC2CC2)C(=O)Cc2ccsc2)cc1)C(=O)O. The Kier molecular flexibility index (Phi) is 10.2. The summed E-state index contributed by atoms with van der Waals surface area (Å²) < 4.78 is 5.94. The van der Waals surface area contributed by atoms with Crippen LogP contribution in [0.2, 0.25) is 0 Å². The van der Waals surface area contributed by atoms with Crippen molar-refractivity contribution in [2.75, 3.05) is 25.0 Å². The molecule has 7 nitrogen and oxygen atoms in total. The van der Waals surface area contributed by atoms with Crippen molar-refractivity contribution in [1.29, 1.82) is 0 Å². The van der Waals surface area contributed by atoms with Gasteiger partial charge in [0.2, 0.25) is 5.91 Å². The van der Waals surface area contributed by atoms with Crippen LogP contribution in [-0.2, 0) is 22.4 Å². The van der Waals surface area contributed by atoms with E-state index in [1.54, 1.807) is 59.9 Å². The van der Waals surface area contributed by atoms with Crippen molar-refractivity contribution in [3.8, 4) is 5.75 Å². The molecular weight excluding hydrogens is 560 g/mol. The highest BCUT2D eigenvalue weighted by molar-refractivity contribution is 7.08. The number of benzene rings is 3. The number of hydrogen-bond acceptors (Lipinski definition) is 6. The van der Waals surface area contributed by atoms with Crippen LogP contribution in [0.5, 0.6) is 5.75 Å². The Morgan fingerprint density at radius 2 is 1.67 bits per heavy atom. The van der Waals surface area contributed by atoms with E-state index >= 15 is 0 Å². The minimum Gasteiger partial charge on any atom is -0.494 e. The standard InChI is InChI=1S/C35H36N2O5S/c38-33(22-27-17-20-43-24-27)37(23-26-11-12-26)18-6-19-42-29-15-13-25(14-16-29)21-32(35(40)41)36-31-10-5-4-9-30(31)34(39)28-7-2-1-3-8-28/h1-5,7-10,13-17,20,24,26,32,36H,6,11-12,18-19,21-23H2,(H,40,41)/t32-/m0/s1. The molecule has 5 rings (SSSR count). The maximum Gasteiger partial charge on any atom is 0.326 e. The minimum atomic E-state index is -1.01. The summed E-state index contributed by atoms with van der Waals surface area (Å²) >= 11 is 1.61. The Morgan fingerprint density at radius 1 is 0.930 bits per heavy atom.